The van der Waals surface area contributed by atoms with Gasteiger partial charge in [0.1, 0.15) is 5.75 Å². The van der Waals surface area contributed by atoms with Gasteiger partial charge >= 0.3 is 5.97 Å². The number of hydrogen-bond acceptors (Lipinski definition) is 3. The van der Waals surface area contributed by atoms with Gasteiger partial charge in [-0.25, -0.2) is 0 Å². The Morgan fingerprint density at radius 1 is 1.45 bits per heavy atom. The number of nitrogens with one attached hydrogen (secondary N) is 1. The lowest BCUT2D eigenvalue weighted by Gasteiger charge is -2.09. The minimum Gasteiger partial charge on any atom is -0.492 e. The first kappa shape index (κ1) is 14.7. The second-order valence-electron chi connectivity index (χ2n) is 4.77. The van der Waals surface area contributed by atoms with Crippen LogP contribution in [0.2, 0.25) is 5.02 Å². The van der Waals surface area contributed by atoms with E-state index in [1.807, 2.05) is 6.92 Å². The maximum atomic E-state index is 11.8. The fraction of sp³-hybridized carbons (Fsp3) is 0.429. The Morgan fingerprint density at radius 3 is 2.75 bits per heavy atom. The summed E-state index contributed by atoms with van der Waals surface area (Å²) in [7, 11) is 0. The number of carboxylic acid groups (broad SMARTS) is 1. The van der Waals surface area contributed by atoms with Crippen molar-refractivity contribution in [3.8, 4) is 5.75 Å². The van der Waals surface area contributed by atoms with E-state index in [1.54, 1.807) is 18.2 Å². The van der Waals surface area contributed by atoms with E-state index < -0.39 is 17.8 Å². The van der Waals surface area contributed by atoms with Gasteiger partial charge in [0, 0.05) is 5.69 Å². The first-order chi connectivity index (χ1) is 9.52. The van der Waals surface area contributed by atoms with Crippen LogP contribution in [-0.4, -0.2) is 23.6 Å². The highest BCUT2D eigenvalue weighted by atomic mass is 35.5. The molecule has 108 valence electrons. The first-order valence-corrected chi connectivity index (χ1v) is 6.86. The second kappa shape index (κ2) is 6.13. The summed E-state index contributed by atoms with van der Waals surface area (Å²) >= 11 is 6.05. The van der Waals surface area contributed by atoms with Gasteiger partial charge in [-0.15, -0.1) is 0 Å². The Kier molecular flexibility index (Phi) is 4.49. The fourth-order valence-corrected chi connectivity index (χ4v) is 2.14. The number of carboxylic acids is 1. The number of ether oxygens (including phenoxy) is 1. The summed E-state index contributed by atoms with van der Waals surface area (Å²) in [4.78, 5) is 22.5. The van der Waals surface area contributed by atoms with Crippen molar-refractivity contribution in [2.75, 3.05) is 11.9 Å². The Bertz CT molecular complexity index is 532. The molecule has 5 nitrogen and oxygen atoms in total. The fourth-order valence-electron chi connectivity index (χ4n) is 1.90. The summed E-state index contributed by atoms with van der Waals surface area (Å²) < 4.78 is 5.43. The molecule has 0 radical (unpaired) electrons. The maximum absolute atomic E-state index is 11.8. The average Bonchev–Trinajstić information content (AvgIpc) is 3.18. The molecule has 0 aromatic heterocycles. The van der Waals surface area contributed by atoms with Crippen LogP contribution in [0.15, 0.2) is 18.2 Å². The molecular weight excluding hydrogens is 282 g/mol. The summed E-state index contributed by atoms with van der Waals surface area (Å²) in [6.45, 7) is 2.57. The summed E-state index contributed by atoms with van der Waals surface area (Å²) in [6.07, 6.45) is 1.28. The van der Waals surface area contributed by atoms with Crippen LogP contribution in [0.1, 0.15) is 19.8 Å². The van der Waals surface area contributed by atoms with Crippen molar-refractivity contribution < 1.29 is 19.4 Å². The predicted octanol–water partition coefficient (Wildman–Crippen LogP) is 2.79. The summed E-state index contributed by atoms with van der Waals surface area (Å²) in [5.74, 6) is -1.64. The van der Waals surface area contributed by atoms with Crippen LogP contribution in [0.5, 0.6) is 5.75 Å². The van der Waals surface area contributed by atoms with Gasteiger partial charge in [-0.1, -0.05) is 18.5 Å². The van der Waals surface area contributed by atoms with Crippen LogP contribution in [0, 0.1) is 11.8 Å². The minimum atomic E-state index is -0.925. The van der Waals surface area contributed by atoms with E-state index in [0.29, 0.717) is 29.5 Å². The molecule has 2 unspecified atom stereocenters. The molecule has 1 amide bonds. The van der Waals surface area contributed by atoms with Crippen LogP contribution in [-0.2, 0) is 9.59 Å². The van der Waals surface area contributed by atoms with Crippen LogP contribution < -0.4 is 10.1 Å². The van der Waals surface area contributed by atoms with Gasteiger partial charge in [0.25, 0.3) is 0 Å². The highest BCUT2D eigenvalue weighted by Crippen LogP contribution is 2.39. The molecule has 1 saturated carbocycles. The molecule has 0 aliphatic heterocycles. The molecule has 1 aromatic carbocycles. The average molecular weight is 298 g/mol. The number of rotatable bonds is 6. The van der Waals surface area contributed by atoms with E-state index in [-0.39, 0.29) is 5.91 Å². The van der Waals surface area contributed by atoms with Gasteiger partial charge < -0.3 is 15.2 Å². The molecule has 0 bridgehead atoms. The number of anilines is 1. The van der Waals surface area contributed by atoms with Crippen molar-refractivity contribution in [1.29, 1.82) is 0 Å². The Labute approximate surface area is 121 Å². The molecular formula is C14H16ClNO4. The number of hydrogen-bond donors (Lipinski definition) is 2. The molecule has 0 heterocycles. The van der Waals surface area contributed by atoms with E-state index in [2.05, 4.69) is 5.32 Å². The number of carbonyl (C=O) groups excluding carboxylic acids is 1. The van der Waals surface area contributed by atoms with Crippen LogP contribution in [0.3, 0.4) is 0 Å². The van der Waals surface area contributed by atoms with E-state index in [1.165, 1.54) is 0 Å². The zero-order valence-electron chi connectivity index (χ0n) is 11.1. The van der Waals surface area contributed by atoms with Gasteiger partial charge in [0.15, 0.2) is 0 Å². The van der Waals surface area contributed by atoms with E-state index in [4.69, 9.17) is 21.4 Å². The Morgan fingerprint density at radius 2 is 2.20 bits per heavy atom. The number of halogens is 1. The van der Waals surface area contributed by atoms with Crippen molar-refractivity contribution >= 4 is 29.2 Å². The molecule has 0 spiro atoms. The lowest BCUT2D eigenvalue weighted by molar-refractivity contribution is -0.139. The summed E-state index contributed by atoms with van der Waals surface area (Å²) in [6, 6.07) is 4.98. The molecule has 2 atom stereocenters. The zero-order chi connectivity index (χ0) is 14.7. The van der Waals surface area contributed by atoms with Crippen LogP contribution in [0.4, 0.5) is 5.69 Å². The molecule has 0 saturated heterocycles. The lowest BCUT2D eigenvalue weighted by atomic mass is 10.2. The Balaban J connectivity index is 1.95. The van der Waals surface area contributed by atoms with Crippen molar-refractivity contribution in [3.63, 3.8) is 0 Å². The van der Waals surface area contributed by atoms with Gasteiger partial charge in [-0.3, -0.25) is 9.59 Å². The summed E-state index contributed by atoms with van der Waals surface area (Å²) in [5, 5.41) is 11.9. The van der Waals surface area contributed by atoms with Crippen molar-refractivity contribution in [2.45, 2.75) is 19.8 Å². The van der Waals surface area contributed by atoms with E-state index >= 15 is 0 Å². The van der Waals surface area contributed by atoms with Gasteiger partial charge in [-0.2, -0.15) is 0 Å². The standard InChI is InChI=1S/C14H16ClNO4/c1-2-5-20-12-4-3-8(6-11(12)15)16-13(17)9-7-10(9)14(18)19/h3-4,6,9-10H,2,5,7H2,1H3,(H,16,17)(H,18,19). The monoisotopic (exact) mass is 297 g/mol. The van der Waals surface area contributed by atoms with Crippen molar-refractivity contribution in [2.24, 2.45) is 11.8 Å². The smallest absolute Gasteiger partial charge is 0.307 e. The molecule has 1 aliphatic carbocycles. The third kappa shape index (κ3) is 3.42. The van der Waals surface area contributed by atoms with Crippen LogP contribution >= 0.6 is 11.6 Å². The second-order valence-corrected chi connectivity index (χ2v) is 5.18. The zero-order valence-corrected chi connectivity index (χ0v) is 11.8. The van der Waals surface area contributed by atoms with Gasteiger partial charge in [0.2, 0.25) is 5.91 Å². The Hall–Kier alpha value is -1.75. The summed E-state index contributed by atoms with van der Waals surface area (Å²) in [5.41, 5.74) is 0.542. The highest BCUT2D eigenvalue weighted by Gasteiger charge is 2.48. The molecule has 1 fully saturated rings. The van der Waals surface area contributed by atoms with Crippen molar-refractivity contribution in [3.05, 3.63) is 23.2 Å². The largest absolute Gasteiger partial charge is 0.492 e. The van der Waals surface area contributed by atoms with Crippen LogP contribution in [0.25, 0.3) is 0 Å². The van der Waals surface area contributed by atoms with Gasteiger partial charge in [-0.05, 0) is 31.0 Å². The van der Waals surface area contributed by atoms with Gasteiger partial charge in [0.05, 0.1) is 23.5 Å². The molecule has 2 N–H and O–H groups in total. The quantitative estimate of drug-likeness (QED) is 0.846. The topological polar surface area (TPSA) is 75.6 Å². The molecule has 1 aliphatic rings. The van der Waals surface area contributed by atoms with E-state index in [0.717, 1.165) is 6.42 Å². The molecule has 1 aromatic rings. The number of aliphatic carboxylic acids is 1. The maximum Gasteiger partial charge on any atom is 0.307 e. The molecule has 20 heavy (non-hydrogen) atoms. The molecule has 2 rings (SSSR count). The minimum absolute atomic E-state index is 0.282. The lowest BCUT2D eigenvalue weighted by Crippen LogP contribution is -2.16. The molecule has 6 heteroatoms. The van der Waals surface area contributed by atoms with E-state index in [9.17, 15) is 9.59 Å². The highest BCUT2D eigenvalue weighted by molar-refractivity contribution is 6.32. The SMILES string of the molecule is CCCOc1ccc(NC(=O)C2CC2C(=O)O)cc1Cl. The first-order valence-electron chi connectivity index (χ1n) is 6.49. The third-order valence-electron chi connectivity index (χ3n) is 3.11. The number of amides is 1. The number of benzene rings is 1. The predicted molar refractivity (Wildman–Crippen MR) is 75.1 cm³/mol. The third-order valence-corrected chi connectivity index (χ3v) is 3.40. The number of carbonyl (C=O) groups is 2. The normalized spacial score (nSPS) is 20.3. The van der Waals surface area contributed by atoms with Crippen molar-refractivity contribution in [1.82, 2.24) is 0 Å².